The van der Waals surface area contributed by atoms with Crippen molar-refractivity contribution in [3.8, 4) is 0 Å². The van der Waals surface area contributed by atoms with Gasteiger partial charge >= 0.3 is 6.03 Å². The number of nitrogens with one attached hydrogen (secondary N) is 2. The van der Waals surface area contributed by atoms with Gasteiger partial charge in [-0.05, 0) is 25.0 Å². The molecule has 0 saturated heterocycles. The van der Waals surface area contributed by atoms with Crippen molar-refractivity contribution in [2.24, 2.45) is 5.92 Å². The van der Waals surface area contributed by atoms with Crippen molar-refractivity contribution in [2.45, 2.75) is 39.7 Å². The van der Waals surface area contributed by atoms with Crippen LogP contribution in [0.3, 0.4) is 0 Å². The molecule has 1 unspecified atom stereocenters. The standard InChI is InChI=1S/C17H29N3O2/c1-5-13(6-2)16(21)12-18-17(22)19-14-10-8-9-11-15(14)20(4)7-3/h8-11,13,16,21H,5-7,12H2,1-4H3,(H2,18,19,22). The van der Waals surface area contributed by atoms with Crippen molar-refractivity contribution < 1.29 is 9.90 Å². The van der Waals surface area contributed by atoms with Gasteiger partial charge in [-0.1, -0.05) is 38.8 Å². The smallest absolute Gasteiger partial charge is 0.319 e. The Balaban J connectivity index is 2.59. The lowest BCUT2D eigenvalue weighted by molar-refractivity contribution is 0.104. The van der Waals surface area contributed by atoms with Crippen LogP contribution < -0.4 is 15.5 Å². The molecule has 22 heavy (non-hydrogen) atoms. The molecule has 0 fully saturated rings. The molecule has 0 heterocycles. The Morgan fingerprint density at radius 3 is 2.45 bits per heavy atom. The minimum absolute atomic E-state index is 0.221. The first kappa shape index (κ1) is 18.3. The number of benzene rings is 1. The summed E-state index contributed by atoms with van der Waals surface area (Å²) in [5.41, 5.74) is 1.74. The fraction of sp³-hybridized carbons (Fsp3) is 0.588. The third-order valence-electron chi connectivity index (χ3n) is 4.10. The first-order chi connectivity index (χ1) is 10.5. The van der Waals surface area contributed by atoms with Crippen LogP contribution in [0, 0.1) is 5.92 Å². The molecule has 0 aliphatic rings. The number of hydrogen-bond donors (Lipinski definition) is 3. The normalized spacial score (nSPS) is 12.1. The van der Waals surface area contributed by atoms with Crippen LogP contribution in [-0.2, 0) is 0 Å². The zero-order chi connectivity index (χ0) is 16.5. The molecule has 1 aromatic carbocycles. The van der Waals surface area contributed by atoms with Crippen LogP contribution in [0.15, 0.2) is 24.3 Å². The lowest BCUT2D eigenvalue weighted by atomic mass is 9.97. The fourth-order valence-corrected chi connectivity index (χ4v) is 2.45. The molecule has 3 N–H and O–H groups in total. The number of hydrogen-bond acceptors (Lipinski definition) is 3. The third kappa shape index (κ3) is 5.22. The van der Waals surface area contributed by atoms with Crippen LogP contribution in [0.1, 0.15) is 33.6 Å². The van der Waals surface area contributed by atoms with Crippen molar-refractivity contribution in [3.05, 3.63) is 24.3 Å². The monoisotopic (exact) mass is 307 g/mol. The highest BCUT2D eigenvalue weighted by molar-refractivity contribution is 5.93. The number of nitrogens with zero attached hydrogens (tertiary/aromatic N) is 1. The molecule has 2 amide bonds. The number of amides is 2. The Labute approximate surface area is 133 Å². The zero-order valence-electron chi connectivity index (χ0n) is 14.1. The highest BCUT2D eigenvalue weighted by Gasteiger charge is 2.16. The maximum Gasteiger partial charge on any atom is 0.319 e. The van der Waals surface area contributed by atoms with Gasteiger partial charge in [0.1, 0.15) is 0 Å². The SMILES string of the molecule is CCC(CC)C(O)CNC(=O)Nc1ccccc1N(C)CC. The summed E-state index contributed by atoms with van der Waals surface area (Å²) in [6, 6.07) is 7.39. The van der Waals surface area contributed by atoms with Crippen LogP contribution >= 0.6 is 0 Å². The van der Waals surface area contributed by atoms with Gasteiger partial charge in [-0.25, -0.2) is 4.79 Å². The Morgan fingerprint density at radius 1 is 1.23 bits per heavy atom. The molecule has 5 nitrogen and oxygen atoms in total. The highest BCUT2D eigenvalue weighted by Crippen LogP contribution is 2.24. The Bertz CT molecular complexity index is 461. The van der Waals surface area contributed by atoms with Crippen LogP contribution in [0.2, 0.25) is 0 Å². The van der Waals surface area contributed by atoms with Gasteiger partial charge in [0.05, 0.1) is 17.5 Å². The van der Waals surface area contributed by atoms with E-state index in [2.05, 4.69) is 22.5 Å². The van der Waals surface area contributed by atoms with Gasteiger partial charge in [0.15, 0.2) is 0 Å². The predicted octanol–water partition coefficient (Wildman–Crippen LogP) is 3.06. The van der Waals surface area contributed by atoms with E-state index in [-0.39, 0.29) is 18.5 Å². The summed E-state index contributed by atoms with van der Waals surface area (Å²) < 4.78 is 0. The van der Waals surface area contributed by atoms with E-state index in [0.717, 1.165) is 30.8 Å². The van der Waals surface area contributed by atoms with E-state index < -0.39 is 6.10 Å². The van der Waals surface area contributed by atoms with Crippen LogP contribution in [-0.4, -0.2) is 37.4 Å². The van der Waals surface area contributed by atoms with Gasteiger partial charge in [0, 0.05) is 20.1 Å². The Morgan fingerprint density at radius 2 is 1.86 bits per heavy atom. The molecular formula is C17H29N3O2. The van der Waals surface area contributed by atoms with Gasteiger partial charge in [-0.15, -0.1) is 0 Å². The van der Waals surface area contributed by atoms with E-state index in [0.29, 0.717) is 0 Å². The second-order valence-corrected chi connectivity index (χ2v) is 5.51. The third-order valence-corrected chi connectivity index (χ3v) is 4.10. The van der Waals surface area contributed by atoms with Gasteiger partial charge < -0.3 is 20.6 Å². The summed E-state index contributed by atoms with van der Waals surface area (Å²) in [6.45, 7) is 7.28. The summed E-state index contributed by atoms with van der Waals surface area (Å²) in [4.78, 5) is 14.1. The molecule has 0 aliphatic carbocycles. The lowest BCUT2D eigenvalue weighted by Crippen LogP contribution is -2.38. The molecule has 124 valence electrons. The summed E-state index contributed by atoms with van der Waals surface area (Å²) in [7, 11) is 1.98. The van der Waals surface area contributed by atoms with Crippen LogP contribution in [0.5, 0.6) is 0 Å². The minimum atomic E-state index is -0.505. The van der Waals surface area contributed by atoms with E-state index in [1.165, 1.54) is 0 Å². The van der Waals surface area contributed by atoms with Gasteiger partial charge in [-0.3, -0.25) is 0 Å². The molecule has 5 heteroatoms. The quantitative estimate of drug-likeness (QED) is 0.691. The van der Waals surface area contributed by atoms with E-state index in [4.69, 9.17) is 0 Å². The number of aliphatic hydroxyl groups is 1. The molecule has 0 aliphatic heterocycles. The summed E-state index contributed by atoms with van der Waals surface area (Å²) in [5.74, 6) is 0.221. The molecule has 1 rings (SSSR count). The highest BCUT2D eigenvalue weighted by atomic mass is 16.3. The molecular weight excluding hydrogens is 278 g/mol. The van der Waals surface area contributed by atoms with E-state index in [1.807, 2.05) is 45.2 Å². The summed E-state index contributed by atoms with van der Waals surface area (Å²) in [6.07, 6.45) is 1.31. The number of aliphatic hydroxyl groups excluding tert-OH is 1. The zero-order valence-corrected chi connectivity index (χ0v) is 14.1. The van der Waals surface area contributed by atoms with Gasteiger partial charge in [0.2, 0.25) is 0 Å². The van der Waals surface area contributed by atoms with Gasteiger partial charge in [0.25, 0.3) is 0 Å². The number of carbonyl (C=O) groups is 1. The average molecular weight is 307 g/mol. The molecule has 0 aromatic heterocycles. The van der Waals surface area contributed by atoms with Crippen LogP contribution in [0.25, 0.3) is 0 Å². The maximum absolute atomic E-state index is 12.0. The number of para-hydroxylation sites is 2. The molecule has 0 saturated carbocycles. The van der Waals surface area contributed by atoms with Crippen molar-refractivity contribution in [2.75, 3.05) is 30.4 Å². The van der Waals surface area contributed by atoms with E-state index in [1.54, 1.807) is 0 Å². The Hall–Kier alpha value is -1.75. The molecule has 1 aromatic rings. The number of anilines is 2. The Kier molecular flexibility index (Phi) is 7.74. The first-order valence-electron chi connectivity index (χ1n) is 8.06. The molecule has 0 radical (unpaired) electrons. The second-order valence-electron chi connectivity index (χ2n) is 5.51. The van der Waals surface area contributed by atoms with Crippen molar-refractivity contribution in [1.29, 1.82) is 0 Å². The number of urea groups is 1. The molecule has 1 atom stereocenters. The number of rotatable bonds is 8. The maximum atomic E-state index is 12.0. The average Bonchev–Trinajstić information content (AvgIpc) is 2.54. The van der Waals surface area contributed by atoms with Crippen molar-refractivity contribution in [1.82, 2.24) is 5.32 Å². The second kappa shape index (κ2) is 9.30. The summed E-state index contributed by atoms with van der Waals surface area (Å²) >= 11 is 0. The van der Waals surface area contributed by atoms with E-state index >= 15 is 0 Å². The predicted molar refractivity (Wildman–Crippen MR) is 92.5 cm³/mol. The lowest BCUT2D eigenvalue weighted by Gasteiger charge is -2.22. The molecule has 0 spiro atoms. The summed E-state index contributed by atoms with van der Waals surface area (Å²) in [5, 5.41) is 15.7. The van der Waals surface area contributed by atoms with Crippen molar-refractivity contribution in [3.63, 3.8) is 0 Å². The van der Waals surface area contributed by atoms with Crippen LogP contribution in [0.4, 0.5) is 16.2 Å². The van der Waals surface area contributed by atoms with Gasteiger partial charge in [-0.2, -0.15) is 0 Å². The largest absolute Gasteiger partial charge is 0.391 e. The topological polar surface area (TPSA) is 64.6 Å². The fourth-order valence-electron chi connectivity index (χ4n) is 2.45. The number of carbonyl (C=O) groups excluding carboxylic acids is 1. The van der Waals surface area contributed by atoms with E-state index in [9.17, 15) is 9.90 Å². The minimum Gasteiger partial charge on any atom is -0.391 e. The first-order valence-corrected chi connectivity index (χ1v) is 8.06. The van der Waals surface area contributed by atoms with Crippen molar-refractivity contribution >= 4 is 17.4 Å². The molecule has 0 bridgehead atoms.